The third kappa shape index (κ3) is 2.93. The highest BCUT2D eigenvalue weighted by atomic mass is 35.5. The zero-order valence-electron chi connectivity index (χ0n) is 6.61. The Bertz CT molecular complexity index is 123. The van der Waals surface area contributed by atoms with Crippen molar-refractivity contribution in [3.63, 3.8) is 0 Å². The zero-order valence-corrected chi connectivity index (χ0v) is 8.18. The van der Waals surface area contributed by atoms with Crippen LogP contribution in [0.3, 0.4) is 0 Å². The number of hydrogen-bond acceptors (Lipinski definition) is 2. The third-order valence-corrected chi connectivity index (χ3v) is 2.83. The molecule has 1 nitrogen and oxygen atoms in total. The van der Waals surface area contributed by atoms with Crippen LogP contribution in [0.4, 0.5) is 0 Å². The number of thioether (sulfide) groups is 1. The molecule has 0 bridgehead atoms. The van der Waals surface area contributed by atoms with E-state index < -0.39 is 4.21 Å². The Balaban J connectivity index is 3.96. The van der Waals surface area contributed by atoms with Gasteiger partial charge in [-0.2, -0.15) is 0 Å². The maximum atomic E-state index is 11.1. The van der Waals surface area contributed by atoms with Crippen molar-refractivity contribution >= 4 is 29.1 Å². The van der Waals surface area contributed by atoms with Crippen LogP contribution in [0.2, 0.25) is 0 Å². The first-order valence-corrected chi connectivity index (χ1v) is 4.77. The van der Waals surface area contributed by atoms with Crippen molar-refractivity contribution in [2.75, 3.05) is 5.75 Å². The molecule has 0 aliphatic carbocycles. The van der Waals surface area contributed by atoms with Gasteiger partial charge in [-0.15, -0.1) is 11.8 Å². The standard InChI is InChI=1S/C7H13ClOS/c1-4-6(9)7(3,8)10-5-2/h4-5H2,1-3H3. The maximum Gasteiger partial charge on any atom is 0.163 e. The Morgan fingerprint density at radius 1 is 1.60 bits per heavy atom. The van der Waals surface area contributed by atoms with E-state index in [0.29, 0.717) is 6.42 Å². The highest BCUT2D eigenvalue weighted by Gasteiger charge is 2.27. The quantitative estimate of drug-likeness (QED) is 0.619. The van der Waals surface area contributed by atoms with Crippen molar-refractivity contribution in [1.29, 1.82) is 0 Å². The molecule has 60 valence electrons. The second kappa shape index (κ2) is 4.24. The highest BCUT2D eigenvalue weighted by molar-refractivity contribution is 8.02. The molecule has 0 saturated carbocycles. The SMILES string of the molecule is CCSC(C)(Cl)C(=O)CC. The smallest absolute Gasteiger partial charge is 0.163 e. The Hall–Kier alpha value is 0.310. The van der Waals surface area contributed by atoms with E-state index in [4.69, 9.17) is 11.6 Å². The van der Waals surface area contributed by atoms with E-state index in [1.807, 2.05) is 13.8 Å². The molecule has 1 unspecified atom stereocenters. The van der Waals surface area contributed by atoms with Gasteiger partial charge in [0.05, 0.1) is 0 Å². The molecule has 0 rings (SSSR count). The number of Topliss-reactive ketones (excluding diaryl/α,β-unsaturated/α-hetero) is 1. The van der Waals surface area contributed by atoms with Crippen LogP contribution < -0.4 is 0 Å². The van der Waals surface area contributed by atoms with E-state index >= 15 is 0 Å². The molecule has 0 amide bonds. The van der Waals surface area contributed by atoms with Crippen LogP contribution in [-0.4, -0.2) is 15.7 Å². The number of alkyl halides is 1. The summed E-state index contributed by atoms with van der Waals surface area (Å²) in [4.78, 5) is 11.1. The zero-order chi connectivity index (χ0) is 8.20. The fourth-order valence-electron chi connectivity index (χ4n) is 0.667. The summed E-state index contributed by atoms with van der Waals surface area (Å²) in [6, 6.07) is 0. The molecule has 0 aliphatic rings. The summed E-state index contributed by atoms with van der Waals surface area (Å²) >= 11 is 7.38. The normalized spacial score (nSPS) is 16.4. The minimum atomic E-state index is -0.691. The molecule has 0 saturated heterocycles. The largest absolute Gasteiger partial charge is 0.297 e. The van der Waals surface area contributed by atoms with Crippen molar-refractivity contribution in [1.82, 2.24) is 0 Å². The average Bonchev–Trinajstić information content (AvgIpc) is 1.86. The van der Waals surface area contributed by atoms with Gasteiger partial charge in [0.2, 0.25) is 0 Å². The van der Waals surface area contributed by atoms with Crippen LogP contribution in [0.15, 0.2) is 0 Å². The van der Waals surface area contributed by atoms with Gasteiger partial charge in [0.25, 0.3) is 0 Å². The topological polar surface area (TPSA) is 17.1 Å². The summed E-state index contributed by atoms with van der Waals surface area (Å²) in [5, 5.41) is 0. The van der Waals surface area contributed by atoms with Gasteiger partial charge in [0.15, 0.2) is 5.78 Å². The minimum Gasteiger partial charge on any atom is -0.297 e. The van der Waals surface area contributed by atoms with E-state index in [9.17, 15) is 4.79 Å². The van der Waals surface area contributed by atoms with Crippen LogP contribution >= 0.6 is 23.4 Å². The highest BCUT2D eigenvalue weighted by Crippen LogP contribution is 2.30. The summed E-state index contributed by atoms with van der Waals surface area (Å²) < 4.78 is -0.691. The first-order chi connectivity index (χ1) is 4.54. The molecule has 0 fully saturated rings. The molecule has 10 heavy (non-hydrogen) atoms. The summed E-state index contributed by atoms with van der Waals surface area (Å²) in [6.07, 6.45) is 0.521. The monoisotopic (exact) mass is 180 g/mol. The lowest BCUT2D eigenvalue weighted by atomic mass is 10.2. The number of halogens is 1. The molecule has 0 aromatic carbocycles. The lowest BCUT2D eigenvalue weighted by molar-refractivity contribution is -0.118. The predicted octanol–water partition coefficient (Wildman–Crippen LogP) is 2.67. The maximum absolute atomic E-state index is 11.1. The molecule has 0 radical (unpaired) electrons. The number of carbonyl (C=O) groups excluding carboxylic acids is 1. The van der Waals surface area contributed by atoms with Gasteiger partial charge >= 0.3 is 0 Å². The van der Waals surface area contributed by atoms with Crippen LogP contribution in [0, 0.1) is 0 Å². The van der Waals surface area contributed by atoms with Gasteiger partial charge in [-0.05, 0) is 12.7 Å². The molecular weight excluding hydrogens is 168 g/mol. The van der Waals surface area contributed by atoms with Crippen molar-refractivity contribution in [3.05, 3.63) is 0 Å². The van der Waals surface area contributed by atoms with Crippen molar-refractivity contribution in [2.24, 2.45) is 0 Å². The van der Waals surface area contributed by atoms with Gasteiger partial charge in [0.1, 0.15) is 4.21 Å². The molecule has 1 atom stereocenters. The summed E-state index contributed by atoms with van der Waals surface area (Å²) in [5.41, 5.74) is 0. The molecule has 0 heterocycles. The lowest BCUT2D eigenvalue weighted by Gasteiger charge is -2.17. The van der Waals surface area contributed by atoms with Crippen molar-refractivity contribution in [2.45, 2.75) is 31.4 Å². The van der Waals surface area contributed by atoms with Gasteiger partial charge in [-0.1, -0.05) is 25.4 Å². The van der Waals surface area contributed by atoms with E-state index in [1.54, 1.807) is 6.92 Å². The molecule has 0 N–H and O–H groups in total. The Morgan fingerprint density at radius 2 is 2.10 bits per heavy atom. The molecule has 3 heteroatoms. The van der Waals surface area contributed by atoms with Crippen LogP contribution in [0.1, 0.15) is 27.2 Å². The minimum absolute atomic E-state index is 0.112. The van der Waals surface area contributed by atoms with Crippen LogP contribution in [0.5, 0.6) is 0 Å². The molecule has 0 aliphatic heterocycles. The van der Waals surface area contributed by atoms with E-state index in [1.165, 1.54) is 11.8 Å². The summed E-state index contributed by atoms with van der Waals surface area (Å²) in [7, 11) is 0. The van der Waals surface area contributed by atoms with Gasteiger partial charge < -0.3 is 0 Å². The Morgan fingerprint density at radius 3 is 2.40 bits per heavy atom. The summed E-state index contributed by atoms with van der Waals surface area (Å²) in [5.74, 6) is 0.993. The second-order valence-corrected chi connectivity index (χ2v) is 4.79. The van der Waals surface area contributed by atoms with Crippen molar-refractivity contribution in [3.8, 4) is 0 Å². The average molecular weight is 181 g/mol. The Labute approximate surface area is 71.5 Å². The summed E-state index contributed by atoms with van der Waals surface area (Å²) in [6.45, 7) is 5.59. The number of hydrogen-bond donors (Lipinski definition) is 0. The fourth-order valence-corrected chi connectivity index (χ4v) is 1.98. The van der Waals surface area contributed by atoms with E-state index in [2.05, 4.69) is 0 Å². The first-order valence-electron chi connectivity index (χ1n) is 3.40. The fraction of sp³-hybridized carbons (Fsp3) is 0.857. The van der Waals surface area contributed by atoms with Crippen molar-refractivity contribution < 1.29 is 4.79 Å². The lowest BCUT2D eigenvalue weighted by Crippen LogP contribution is -2.24. The van der Waals surface area contributed by atoms with Gasteiger partial charge in [-0.25, -0.2) is 0 Å². The van der Waals surface area contributed by atoms with Crippen LogP contribution in [0.25, 0.3) is 0 Å². The second-order valence-electron chi connectivity index (χ2n) is 2.13. The number of carbonyl (C=O) groups is 1. The molecular formula is C7H13ClOS. The van der Waals surface area contributed by atoms with E-state index in [-0.39, 0.29) is 5.78 Å². The number of rotatable bonds is 4. The Kier molecular flexibility index (Phi) is 4.37. The number of ketones is 1. The predicted molar refractivity (Wildman–Crippen MR) is 47.7 cm³/mol. The molecule has 0 spiro atoms. The molecule has 0 aromatic heterocycles. The van der Waals surface area contributed by atoms with Crippen LogP contribution in [-0.2, 0) is 4.79 Å². The third-order valence-electron chi connectivity index (χ3n) is 1.23. The first kappa shape index (κ1) is 10.3. The van der Waals surface area contributed by atoms with Gasteiger partial charge in [0, 0.05) is 6.42 Å². The van der Waals surface area contributed by atoms with Gasteiger partial charge in [-0.3, -0.25) is 4.79 Å². The molecule has 0 aromatic rings. The van der Waals surface area contributed by atoms with E-state index in [0.717, 1.165) is 5.75 Å².